The molecule has 2 aromatic carbocycles. The number of rotatable bonds is 23. The third-order valence-corrected chi connectivity index (χ3v) is 7.98. The van der Waals surface area contributed by atoms with Crippen molar-refractivity contribution in [1.29, 1.82) is 0 Å². The number of allylic oxidation sites excluding steroid dienone is 3. The van der Waals surface area contributed by atoms with Gasteiger partial charge in [-0.15, -0.1) is 0 Å². The third kappa shape index (κ3) is 19.3. The normalized spacial score (nSPS) is 14.0. The number of aliphatic hydroxyl groups excluding tert-OH is 1. The van der Waals surface area contributed by atoms with Gasteiger partial charge in [0.15, 0.2) is 30.0 Å². The lowest BCUT2D eigenvalue weighted by molar-refractivity contribution is -0.136. The molecule has 7 atom stereocenters. The highest BCUT2D eigenvalue weighted by Crippen LogP contribution is 2.15. The molecule has 360 valence electrons. The van der Waals surface area contributed by atoms with Crippen molar-refractivity contribution in [3.8, 4) is 0 Å². The molecule has 2 aromatic rings. The van der Waals surface area contributed by atoms with Gasteiger partial charge in [0.05, 0.1) is 0 Å². The molecule has 0 aromatic heterocycles. The average Bonchev–Trinajstić information content (AvgIpc) is 3.25. The summed E-state index contributed by atoms with van der Waals surface area (Å²) in [5.74, 6) is -12.0. The molecule has 0 heterocycles. The Hall–Kier alpha value is -9.32. The van der Waals surface area contributed by atoms with Gasteiger partial charge < -0.3 is 99.2 Å². The lowest BCUT2D eigenvalue weighted by Gasteiger charge is -2.24. The number of benzene rings is 2. The van der Waals surface area contributed by atoms with Gasteiger partial charge in [0.1, 0.15) is 6.04 Å². The zero-order valence-corrected chi connectivity index (χ0v) is 35.9. The lowest BCUT2D eigenvalue weighted by atomic mass is 10.1. The molecule has 0 aliphatic heterocycles. The summed E-state index contributed by atoms with van der Waals surface area (Å²) < 4.78 is 0. The molecular formula is C37H54N22O8. The maximum absolute atomic E-state index is 13.8. The fourth-order valence-corrected chi connectivity index (χ4v) is 4.91. The topological polar surface area (TPSA) is 537 Å². The van der Waals surface area contributed by atoms with Crippen molar-refractivity contribution < 1.29 is 38.7 Å². The van der Waals surface area contributed by atoms with Crippen molar-refractivity contribution >= 4 is 83.2 Å². The van der Waals surface area contributed by atoms with Crippen LogP contribution in [0.4, 0.5) is 5.69 Å². The van der Waals surface area contributed by atoms with E-state index in [1.165, 1.54) is 30.3 Å². The molecule has 0 saturated heterocycles. The second-order valence-corrected chi connectivity index (χ2v) is 13.5. The van der Waals surface area contributed by atoms with Gasteiger partial charge in [-0.1, -0.05) is 60.7 Å². The molecule has 0 aliphatic rings. The van der Waals surface area contributed by atoms with Gasteiger partial charge in [-0.2, -0.15) is 0 Å². The Kier molecular flexibility index (Phi) is 21.2. The van der Waals surface area contributed by atoms with Gasteiger partial charge in [0.2, 0.25) is 36.8 Å². The number of nitrogens with zero attached hydrogens (tertiary/aromatic N) is 6. The molecule has 27 N–H and O–H groups in total. The van der Waals surface area contributed by atoms with Crippen LogP contribution < -0.4 is 94.1 Å². The molecule has 30 heteroatoms. The van der Waals surface area contributed by atoms with E-state index in [2.05, 4.69) is 40.9 Å². The Morgan fingerprint density at radius 1 is 0.537 bits per heavy atom. The summed E-state index contributed by atoms with van der Waals surface area (Å²) in [6.45, 7) is 0. The number of amides is 7. The summed E-state index contributed by atoms with van der Waals surface area (Å²) in [5, 5.41) is 23.0. The Labute approximate surface area is 381 Å². The first-order valence-electron chi connectivity index (χ1n) is 19.1. The van der Waals surface area contributed by atoms with Gasteiger partial charge >= 0.3 is 0 Å². The van der Waals surface area contributed by atoms with Crippen LogP contribution in [0.2, 0.25) is 0 Å². The Morgan fingerprint density at radius 3 is 1.36 bits per heavy atom. The number of carbonyl (C=O) groups is 7. The van der Waals surface area contributed by atoms with Crippen molar-refractivity contribution in [3.05, 3.63) is 84.0 Å². The Bertz CT molecular complexity index is 2280. The molecular weight excluding hydrogens is 881 g/mol. The average molecular weight is 935 g/mol. The van der Waals surface area contributed by atoms with Crippen LogP contribution >= 0.6 is 0 Å². The molecule has 7 unspecified atom stereocenters. The van der Waals surface area contributed by atoms with Gasteiger partial charge in [0, 0.05) is 26.0 Å². The summed E-state index contributed by atoms with van der Waals surface area (Å²) in [5.41, 5.74) is 56.2. The fraction of sp³-hybridized carbons (Fsp3) is 0.243. The summed E-state index contributed by atoms with van der Waals surface area (Å²) >= 11 is 0. The maximum Gasteiger partial charge on any atom is 0.272 e. The summed E-state index contributed by atoms with van der Waals surface area (Å²) in [4.78, 5) is 112. The summed E-state index contributed by atoms with van der Waals surface area (Å²) in [6, 6.07) is 13.6. The van der Waals surface area contributed by atoms with E-state index in [1.807, 2.05) is 65.3 Å². The van der Waals surface area contributed by atoms with Crippen LogP contribution in [0.5, 0.6) is 0 Å². The molecule has 0 radical (unpaired) electrons. The van der Waals surface area contributed by atoms with Gasteiger partial charge in [-0.05, 0) is 29.3 Å². The molecule has 0 spiro atoms. The van der Waals surface area contributed by atoms with Crippen LogP contribution in [0.15, 0.2) is 97.8 Å². The molecule has 0 fully saturated rings. The van der Waals surface area contributed by atoms with Crippen LogP contribution in [0.1, 0.15) is 17.2 Å². The Morgan fingerprint density at radius 2 is 0.955 bits per heavy atom. The largest absolute Gasteiger partial charge is 0.378 e. The first-order chi connectivity index (χ1) is 31.5. The lowest BCUT2D eigenvalue weighted by Crippen LogP contribution is -2.60. The number of carbonyl (C=O) groups excluding carboxylic acids is 7. The molecule has 7 amide bonds. The van der Waals surface area contributed by atoms with Crippen LogP contribution in [0.3, 0.4) is 0 Å². The smallest absolute Gasteiger partial charge is 0.272 e. The second-order valence-electron chi connectivity index (χ2n) is 13.5. The summed E-state index contributed by atoms with van der Waals surface area (Å²) in [7, 11) is 3.85. The van der Waals surface area contributed by atoms with E-state index in [9.17, 15) is 38.7 Å². The molecule has 0 bridgehead atoms. The van der Waals surface area contributed by atoms with Crippen LogP contribution in [0.25, 0.3) is 6.08 Å². The van der Waals surface area contributed by atoms with Gasteiger partial charge in [-0.25, -0.2) is 20.0 Å². The highest BCUT2D eigenvalue weighted by Gasteiger charge is 2.34. The van der Waals surface area contributed by atoms with Gasteiger partial charge in [0.25, 0.3) is 35.4 Å². The molecule has 0 saturated carbocycles. The Balaban J connectivity index is 2.32. The van der Waals surface area contributed by atoms with Crippen LogP contribution in [-0.2, 0) is 33.6 Å². The van der Waals surface area contributed by atoms with Crippen molar-refractivity contribution in [1.82, 2.24) is 31.9 Å². The van der Waals surface area contributed by atoms with E-state index in [0.29, 0.717) is 0 Å². The minimum Gasteiger partial charge on any atom is -0.378 e. The standard InChI is InChI=1S/C37H54N22O8/c1-59(2)19-14-12-17(13-15-19)9-5-4-8-16-48-32(66)33(67)49-20(18-10-6-3-7-11-18)27(61)51-24(56-35(42)43)29(63)53-26(58-37(46)47)31(65)54-25(57-36(44)45)30(64)52-23(55-34(40)41)28(62)50-21(38)22(39)60/h3-16,20-21,23-26,32,66H,38H2,1-2H3,(H2,39,60)(H,49,67)(H,50,62)(H,51,61)(H,52,64)(H,53,63)(H,54,65)(H4,40,41,55)(H4,42,43,56)(H4,44,45,57)(H4,46,47,58)/b8-4-,9-5+,48-16?. The van der Waals surface area contributed by atoms with Crippen molar-refractivity contribution in [2.45, 2.75) is 43.1 Å². The number of nitrogens with one attached hydrogen (secondary N) is 6. The van der Waals surface area contributed by atoms with Crippen LogP contribution in [-0.4, -0.2) is 128 Å². The third-order valence-electron chi connectivity index (χ3n) is 7.98. The van der Waals surface area contributed by atoms with Crippen molar-refractivity contribution in [3.63, 3.8) is 0 Å². The number of hydrogen-bond acceptors (Lipinski definition) is 15. The van der Waals surface area contributed by atoms with E-state index in [0.717, 1.165) is 17.5 Å². The zero-order chi connectivity index (χ0) is 50.4. The maximum atomic E-state index is 13.8. The van der Waals surface area contributed by atoms with E-state index in [-0.39, 0.29) is 5.56 Å². The minimum atomic E-state index is -2.18. The molecule has 30 nitrogen and oxygen atoms in total. The summed E-state index contributed by atoms with van der Waals surface area (Å²) in [6.07, 6.45) is -4.50. The van der Waals surface area contributed by atoms with E-state index in [1.54, 1.807) is 18.2 Å². The number of anilines is 1. The van der Waals surface area contributed by atoms with E-state index < -0.39 is 108 Å². The highest BCUT2D eigenvalue weighted by atomic mass is 16.3. The molecule has 0 aliphatic carbocycles. The predicted octanol–water partition coefficient (Wildman–Crippen LogP) is -8.68. The number of primary amides is 1. The molecule has 2 rings (SSSR count). The quantitative estimate of drug-likeness (QED) is 0.0213. The monoisotopic (exact) mass is 934 g/mol. The van der Waals surface area contributed by atoms with E-state index >= 15 is 0 Å². The fourth-order valence-electron chi connectivity index (χ4n) is 4.91. The molecule has 67 heavy (non-hydrogen) atoms. The number of guanidine groups is 4. The number of aliphatic imine (C=N–C) groups is 5. The predicted molar refractivity (Wildman–Crippen MR) is 247 cm³/mol. The number of hydrogen-bond donors (Lipinski definition) is 17. The zero-order valence-electron chi connectivity index (χ0n) is 35.9. The first kappa shape index (κ1) is 53.8. The number of aliphatic hydroxyl groups is 1. The number of nitrogens with two attached hydrogens (primary N) is 10. The van der Waals surface area contributed by atoms with Crippen LogP contribution in [0, 0.1) is 0 Å². The first-order valence-corrected chi connectivity index (χ1v) is 19.1. The highest BCUT2D eigenvalue weighted by molar-refractivity contribution is 5.99. The van der Waals surface area contributed by atoms with E-state index in [4.69, 9.17) is 57.3 Å². The van der Waals surface area contributed by atoms with Crippen molar-refractivity contribution in [2.24, 2.45) is 82.3 Å². The second kappa shape index (κ2) is 26.3. The van der Waals surface area contributed by atoms with Gasteiger partial charge in [-0.3, -0.25) is 38.6 Å². The minimum absolute atomic E-state index is 0.147. The van der Waals surface area contributed by atoms with Crippen molar-refractivity contribution in [2.75, 3.05) is 19.0 Å². The SMILES string of the molecule is CN(C)c1ccc(/C=C/C=C\C=NC(O)C(=O)NC(C(=O)NC(N=C(N)N)C(=O)NC(N=C(N)N)C(=O)NC(N=C(N)N)C(=O)NC(N=C(N)N)C(=O)NC(N)C(N)=O)c2ccccc2)cc1.